The van der Waals surface area contributed by atoms with Gasteiger partial charge in [0, 0.05) is 16.8 Å². The molecule has 5 nitrogen and oxygen atoms in total. The molecule has 0 saturated carbocycles. The average molecular weight is 396 g/mol. The molecule has 0 fully saturated rings. The molecule has 0 bridgehead atoms. The molecule has 0 spiro atoms. The lowest BCUT2D eigenvalue weighted by molar-refractivity contribution is 0.101. The first-order valence-corrected chi connectivity index (χ1v) is 9.83. The van der Waals surface area contributed by atoms with E-state index in [0.29, 0.717) is 16.8 Å². The van der Waals surface area contributed by atoms with Crippen molar-refractivity contribution in [2.75, 3.05) is 5.32 Å². The fourth-order valence-electron chi connectivity index (χ4n) is 2.45. The Kier molecular flexibility index (Phi) is 5.65. The van der Waals surface area contributed by atoms with Crippen LogP contribution in [0.1, 0.15) is 22.8 Å². The Morgan fingerprint density at radius 1 is 0.857 bits per heavy atom. The maximum atomic E-state index is 13.3. The van der Waals surface area contributed by atoms with Gasteiger partial charge in [-0.1, -0.05) is 18.2 Å². The van der Waals surface area contributed by atoms with Crippen molar-refractivity contribution in [3.05, 3.63) is 95.8 Å². The number of benzene rings is 3. The number of nitrogens with one attached hydrogen (secondary N) is 1. The normalized spacial score (nSPS) is 11.9. The van der Waals surface area contributed by atoms with Crippen molar-refractivity contribution in [2.45, 2.75) is 11.8 Å². The van der Waals surface area contributed by atoms with Gasteiger partial charge in [0.1, 0.15) is 5.82 Å². The van der Waals surface area contributed by atoms with Gasteiger partial charge < -0.3 is 5.32 Å². The zero-order valence-corrected chi connectivity index (χ0v) is 15.8. The lowest BCUT2D eigenvalue weighted by atomic mass is 10.1. The summed E-state index contributed by atoms with van der Waals surface area (Å²) in [4.78, 5) is 11.5. The Labute approximate surface area is 162 Å². The Morgan fingerprint density at radius 2 is 1.43 bits per heavy atom. The monoisotopic (exact) mass is 396 g/mol. The first-order valence-electron chi connectivity index (χ1n) is 8.39. The van der Waals surface area contributed by atoms with Crippen LogP contribution in [0, 0.1) is 5.82 Å². The number of hydrogen-bond donors (Lipinski definition) is 1. The highest BCUT2D eigenvalue weighted by Gasteiger charge is 2.16. The standard InChI is InChI=1S/C21H17FN2O3S/c1-15(25)16-9-13-19(14-10-16)23-21(17-7-11-18(22)12-8-17)24-28(26,27)20-5-3-2-4-6-20/h2-14H,1H3,(H,23,24). The minimum Gasteiger partial charge on any atom is -0.339 e. The van der Waals surface area contributed by atoms with Gasteiger partial charge in [-0.05, 0) is 67.6 Å². The summed E-state index contributed by atoms with van der Waals surface area (Å²) in [7, 11) is -3.98. The SMILES string of the molecule is CC(=O)c1ccc(NC(=NS(=O)(=O)c2ccccc2)c2ccc(F)cc2)cc1. The van der Waals surface area contributed by atoms with Crippen LogP contribution < -0.4 is 5.32 Å². The molecule has 0 aliphatic carbocycles. The molecule has 0 aliphatic rings. The minimum absolute atomic E-state index is 0.0411. The summed E-state index contributed by atoms with van der Waals surface area (Å²) in [5, 5.41) is 2.94. The van der Waals surface area contributed by atoms with E-state index in [-0.39, 0.29) is 16.5 Å². The number of carbonyl (C=O) groups is 1. The van der Waals surface area contributed by atoms with Gasteiger partial charge in [0.2, 0.25) is 0 Å². The number of nitrogens with zero attached hydrogens (tertiary/aromatic N) is 1. The molecule has 3 rings (SSSR count). The molecule has 3 aromatic rings. The summed E-state index contributed by atoms with van der Waals surface area (Å²) < 4.78 is 42.5. The third-order valence-corrected chi connectivity index (χ3v) is 5.22. The Bertz CT molecular complexity index is 1110. The van der Waals surface area contributed by atoms with Gasteiger partial charge >= 0.3 is 0 Å². The quantitative estimate of drug-likeness (QED) is 0.397. The predicted molar refractivity (Wildman–Crippen MR) is 107 cm³/mol. The van der Waals surface area contributed by atoms with Crippen molar-refractivity contribution < 1.29 is 17.6 Å². The lowest BCUT2D eigenvalue weighted by Crippen LogP contribution is -2.16. The van der Waals surface area contributed by atoms with E-state index in [4.69, 9.17) is 0 Å². The van der Waals surface area contributed by atoms with Crippen molar-refractivity contribution in [3.63, 3.8) is 0 Å². The average Bonchev–Trinajstić information content (AvgIpc) is 2.69. The van der Waals surface area contributed by atoms with Crippen LogP contribution in [-0.2, 0) is 10.0 Å². The van der Waals surface area contributed by atoms with Gasteiger partial charge in [-0.2, -0.15) is 8.42 Å². The number of carbonyl (C=O) groups excluding carboxylic acids is 1. The highest BCUT2D eigenvalue weighted by molar-refractivity contribution is 7.90. The molecule has 0 atom stereocenters. The van der Waals surface area contributed by atoms with E-state index >= 15 is 0 Å². The lowest BCUT2D eigenvalue weighted by Gasteiger charge is -2.11. The minimum atomic E-state index is -3.98. The van der Waals surface area contributed by atoms with Gasteiger partial charge in [0.15, 0.2) is 11.6 Å². The number of rotatable bonds is 5. The van der Waals surface area contributed by atoms with Crippen LogP contribution in [0.15, 0.2) is 88.2 Å². The van der Waals surface area contributed by atoms with Crippen LogP contribution in [-0.4, -0.2) is 20.0 Å². The molecule has 28 heavy (non-hydrogen) atoms. The van der Waals surface area contributed by atoms with Crippen LogP contribution in [0.3, 0.4) is 0 Å². The van der Waals surface area contributed by atoms with Crippen molar-refractivity contribution in [2.24, 2.45) is 4.40 Å². The molecule has 0 heterocycles. The van der Waals surface area contributed by atoms with Crippen LogP contribution in [0.25, 0.3) is 0 Å². The van der Waals surface area contributed by atoms with E-state index in [1.807, 2.05) is 0 Å². The summed E-state index contributed by atoms with van der Waals surface area (Å²) >= 11 is 0. The van der Waals surface area contributed by atoms with Crippen molar-refractivity contribution in [3.8, 4) is 0 Å². The molecule has 3 aromatic carbocycles. The number of hydrogen-bond acceptors (Lipinski definition) is 3. The second kappa shape index (κ2) is 8.14. The molecule has 7 heteroatoms. The van der Waals surface area contributed by atoms with Crippen LogP contribution in [0.2, 0.25) is 0 Å². The van der Waals surface area contributed by atoms with Gasteiger partial charge in [0.25, 0.3) is 10.0 Å². The van der Waals surface area contributed by atoms with Crippen molar-refractivity contribution in [1.29, 1.82) is 0 Å². The maximum Gasteiger partial charge on any atom is 0.284 e. The fraction of sp³-hybridized carbons (Fsp3) is 0.0476. The second-order valence-electron chi connectivity index (χ2n) is 5.99. The highest BCUT2D eigenvalue weighted by Crippen LogP contribution is 2.17. The van der Waals surface area contributed by atoms with E-state index in [9.17, 15) is 17.6 Å². The van der Waals surface area contributed by atoms with Crippen LogP contribution in [0.5, 0.6) is 0 Å². The summed E-state index contributed by atoms with van der Waals surface area (Å²) in [5.41, 5.74) is 1.47. The summed E-state index contributed by atoms with van der Waals surface area (Å²) in [6.07, 6.45) is 0. The van der Waals surface area contributed by atoms with E-state index < -0.39 is 15.8 Å². The third-order valence-electron chi connectivity index (χ3n) is 3.92. The van der Waals surface area contributed by atoms with Crippen molar-refractivity contribution in [1.82, 2.24) is 0 Å². The van der Waals surface area contributed by atoms with E-state index in [1.54, 1.807) is 42.5 Å². The van der Waals surface area contributed by atoms with E-state index in [0.717, 1.165) is 0 Å². The summed E-state index contributed by atoms with van der Waals surface area (Å²) in [6, 6.07) is 19.7. The fourth-order valence-corrected chi connectivity index (χ4v) is 3.44. The summed E-state index contributed by atoms with van der Waals surface area (Å²) in [5.74, 6) is -0.482. The molecular formula is C21H17FN2O3S. The molecule has 0 aliphatic heterocycles. The Hall–Kier alpha value is -3.32. The van der Waals surface area contributed by atoms with Gasteiger partial charge in [-0.3, -0.25) is 4.79 Å². The molecule has 0 aromatic heterocycles. The van der Waals surface area contributed by atoms with Gasteiger partial charge in [-0.15, -0.1) is 4.40 Å². The number of anilines is 1. The van der Waals surface area contributed by atoms with Crippen molar-refractivity contribution >= 4 is 27.3 Å². The molecule has 0 saturated heterocycles. The first-order chi connectivity index (χ1) is 13.3. The maximum absolute atomic E-state index is 13.3. The predicted octanol–water partition coefficient (Wildman–Crippen LogP) is 4.28. The van der Waals surface area contributed by atoms with Gasteiger partial charge in [-0.25, -0.2) is 4.39 Å². The molecule has 0 amide bonds. The zero-order chi connectivity index (χ0) is 20.1. The molecule has 0 radical (unpaired) electrons. The molecule has 0 unspecified atom stereocenters. The second-order valence-corrected chi connectivity index (χ2v) is 7.60. The first kappa shape index (κ1) is 19.4. The molecule has 1 N–H and O–H groups in total. The largest absolute Gasteiger partial charge is 0.339 e. The number of halogens is 1. The Morgan fingerprint density at radius 3 is 2.00 bits per heavy atom. The molecule has 142 valence electrons. The van der Waals surface area contributed by atoms with Crippen LogP contribution in [0.4, 0.5) is 10.1 Å². The number of amidine groups is 1. The Balaban J connectivity index is 2.02. The highest BCUT2D eigenvalue weighted by atomic mass is 32.2. The summed E-state index contributed by atoms with van der Waals surface area (Å²) in [6.45, 7) is 1.46. The number of Topliss-reactive ketones (excluding diaryl/α,β-unsaturated/α-hetero) is 1. The van der Waals surface area contributed by atoms with Gasteiger partial charge in [0.05, 0.1) is 4.90 Å². The number of sulfonamides is 1. The third kappa shape index (κ3) is 4.69. The van der Waals surface area contributed by atoms with E-state index in [1.165, 1.54) is 43.3 Å². The van der Waals surface area contributed by atoms with E-state index in [2.05, 4.69) is 9.71 Å². The van der Waals surface area contributed by atoms with Crippen LogP contribution >= 0.6 is 0 Å². The number of ketones is 1. The zero-order valence-electron chi connectivity index (χ0n) is 15.0. The topological polar surface area (TPSA) is 75.6 Å². The smallest absolute Gasteiger partial charge is 0.284 e. The molecular weight excluding hydrogens is 379 g/mol.